The molecule has 0 fully saturated rings. The van der Waals surface area contributed by atoms with Crippen molar-refractivity contribution in [2.45, 2.75) is 0 Å². The average molecular weight is 241 g/mol. The summed E-state index contributed by atoms with van der Waals surface area (Å²) in [5.74, 6) is -0.236. The number of hydrogen-bond acceptors (Lipinski definition) is 3. The first-order valence-corrected chi connectivity index (χ1v) is 5.41. The summed E-state index contributed by atoms with van der Waals surface area (Å²) in [4.78, 5) is 14.8. The Bertz CT molecular complexity index is 712. The number of amides is 1. The number of carbonyl (C=O) groups is 1. The molecule has 3 aromatic rings. The second kappa shape index (κ2) is 3.92. The number of H-pyrrole nitrogens is 2. The smallest absolute Gasteiger partial charge is 0.272 e. The van der Waals surface area contributed by atoms with Crippen LogP contribution in [-0.2, 0) is 0 Å². The van der Waals surface area contributed by atoms with Gasteiger partial charge in [-0.2, -0.15) is 5.10 Å². The fourth-order valence-corrected chi connectivity index (χ4v) is 1.81. The highest BCUT2D eigenvalue weighted by Gasteiger charge is 2.10. The van der Waals surface area contributed by atoms with Crippen LogP contribution in [0.3, 0.4) is 0 Å². The van der Waals surface area contributed by atoms with E-state index >= 15 is 0 Å². The third kappa shape index (κ3) is 1.69. The number of nitrogen functional groups attached to an aromatic ring is 1. The van der Waals surface area contributed by atoms with E-state index in [2.05, 4.69) is 20.5 Å². The lowest BCUT2D eigenvalue weighted by Crippen LogP contribution is -2.12. The molecule has 0 atom stereocenters. The zero-order valence-electron chi connectivity index (χ0n) is 9.40. The number of fused-ring (bicyclic) bond motifs is 1. The van der Waals surface area contributed by atoms with E-state index in [4.69, 9.17) is 5.73 Å². The first-order chi connectivity index (χ1) is 8.74. The Hall–Kier alpha value is -2.76. The van der Waals surface area contributed by atoms with Crippen molar-refractivity contribution in [2.75, 3.05) is 11.1 Å². The van der Waals surface area contributed by atoms with Crippen molar-refractivity contribution in [3.63, 3.8) is 0 Å². The predicted molar refractivity (Wildman–Crippen MR) is 69.3 cm³/mol. The summed E-state index contributed by atoms with van der Waals surface area (Å²) in [6, 6.07) is 7.15. The molecule has 0 aliphatic heterocycles. The molecular formula is C12H11N5O. The minimum absolute atomic E-state index is 0.236. The number of aromatic amines is 2. The van der Waals surface area contributed by atoms with E-state index in [1.807, 2.05) is 18.2 Å². The topological polar surface area (TPSA) is 99.6 Å². The molecule has 0 aliphatic rings. The molecule has 6 nitrogen and oxygen atoms in total. The Morgan fingerprint density at radius 3 is 3.06 bits per heavy atom. The fraction of sp³-hybridized carbons (Fsp3) is 0. The summed E-state index contributed by atoms with van der Waals surface area (Å²) in [7, 11) is 0. The lowest BCUT2D eigenvalue weighted by molar-refractivity contribution is 0.102. The van der Waals surface area contributed by atoms with Crippen molar-refractivity contribution in [3.8, 4) is 0 Å². The van der Waals surface area contributed by atoms with Gasteiger partial charge in [0.15, 0.2) is 0 Å². The van der Waals surface area contributed by atoms with Crippen LogP contribution in [0.15, 0.2) is 36.7 Å². The van der Waals surface area contributed by atoms with Crippen LogP contribution in [0.2, 0.25) is 0 Å². The second-order valence-electron chi connectivity index (χ2n) is 3.94. The number of benzene rings is 1. The van der Waals surface area contributed by atoms with Gasteiger partial charge in [-0.1, -0.05) is 6.07 Å². The Balaban J connectivity index is 1.92. The molecule has 1 amide bonds. The van der Waals surface area contributed by atoms with Crippen LogP contribution in [0, 0.1) is 0 Å². The standard InChI is InChI=1S/C12H11N5O/c13-7-4-11(14-5-7)12(18)16-9-2-1-3-10-8(9)6-15-17-10/h1-6,14H,13H2,(H,15,17)(H,16,18). The van der Waals surface area contributed by atoms with Gasteiger partial charge >= 0.3 is 0 Å². The van der Waals surface area contributed by atoms with Crippen molar-refractivity contribution in [3.05, 3.63) is 42.4 Å². The predicted octanol–water partition coefficient (Wildman–Crippen LogP) is 1.73. The number of nitrogens with one attached hydrogen (secondary N) is 3. The van der Waals surface area contributed by atoms with Crippen molar-refractivity contribution in [1.82, 2.24) is 15.2 Å². The van der Waals surface area contributed by atoms with E-state index < -0.39 is 0 Å². The van der Waals surface area contributed by atoms with Crippen LogP contribution in [0.5, 0.6) is 0 Å². The van der Waals surface area contributed by atoms with Crippen LogP contribution in [-0.4, -0.2) is 21.1 Å². The molecule has 5 N–H and O–H groups in total. The molecule has 0 unspecified atom stereocenters. The number of anilines is 2. The molecule has 6 heteroatoms. The van der Waals surface area contributed by atoms with Gasteiger partial charge in [0.25, 0.3) is 5.91 Å². The molecule has 1 aromatic carbocycles. The van der Waals surface area contributed by atoms with Gasteiger partial charge in [-0.05, 0) is 18.2 Å². The van der Waals surface area contributed by atoms with Gasteiger partial charge in [0.1, 0.15) is 5.69 Å². The summed E-state index contributed by atoms with van der Waals surface area (Å²) in [5, 5.41) is 10.5. The highest BCUT2D eigenvalue weighted by atomic mass is 16.1. The largest absolute Gasteiger partial charge is 0.397 e. The normalized spacial score (nSPS) is 10.7. The minimum Gasteiger partial charge on any atom is -0.397 e. The molecule has 0 radical (unpaired) electrons. The van der Waals surface area contributed by atoms with Gasteiger partial charge < -0.3 is 16.0 Å². The number of carbonyl (C=O) groups excluding carboxylic acids is 1. The Kier molecular flexibility index (Phi) is 2.26. The van der Waals surface area contributed by atoms with Crippen LogP contribution in [0.4, 0.5) is 11.4 Å². The van der Waals surface area contributed by atoms with E-state index in [-0.39, 0.29) is 5.91 Å². The first-order valence-electron chi connectivity index (χ1n) is 5.41. The van der Waals surface area contributed by atoms with E-state index in [0.717, 1.165) is 10.9 Å². The third-order valence-corrected chi connectivity index (χ3v) is 2.68. The Morgan fingerprint density at radius 1 is 1.39 bits per heavy atom. The highest BCUT2D eigenvalue weighted by molar-refractivity contribution is 6.08. The molecule has 3 rings (SSSR count). The van der Waals surface area contributed by atoms with Gasteiger partial charge in [0, 0.05) is 17.3 Å². The van der Waals surface area contributed by atoms with Crippen LogP contribution >= 0.6 is 0 Å². The summed E-state index contributed by atoms with van der Waals surface area (Å²) < 4.78 is 0. The number of nitrogens with two attached hydrogens (primary N) is 1. The minimum atomic E-state index is -0.236. The molecule has 18 heavy (non-hydrogen) atoms. The quantitative estimate of drug-likeness (QED) is 0.549. The summed E-state index contributed by atoms with van der Waals surface area (Å²) >= 11 is 0. The maximum Gasteiger partial charge on any atom is 0.272 e. The molecule has 0 saturated carbocycles. The Labute approximate surface area is 102 Å². The monoisotopic (exact) mass is 241 g/mol. The number of nitrogens with zero attached hydrogens (tertiary/aromatic N) is 1. The molecule has 2 heterocycles. The molecule has 0 spiro atoms. The van der Waals surface area contributed by atoms with Gasteiger partial charge in [-0.15, -0.1) is 0 Å². The van der Waals surface area contributed by atoms with E-state index in [9.17, 15) is 4.79 Å². The lowest BCUT2D eigenvalue weighted by Gasteiger charge is -2.04. The molecule has 0 aliphatic carbocycles. The van der Waals surface area contributed by atoms with Gasteiger partial charge in [-0.3, -0.25) is 9.89 Å². The maximum absolute atomic E-state index is 12.0. The Morgan fingerprint density at radius 2 is 2.28 bits per heavy atom. The van der Waals surface area contributed by atoms with Gasteiger partial charge in [0.2, 0.25) is 0 Å². The zero-order chi connectivity index (χ0) is 12.5. The van der Waals surface area contributed by atoms with Gasteiger partial charge in [-0.25, -0.2) is 0 Å². The van der Waals surface area contributed by atoms with Crippen molar-refractivity contribution in [1.29, 1.82) is 0 Å². The molecule has 90 valence electrons. The summed E-state index contributed by atoms with van der Waals surface area (Å²) in [6.07, 6.45) is 3.25. The van der Waals surface area contributed by atoms with Gasteiger partial charge in [0.05, 0.1) is 17.4 Å². The second-order valence-corrected chi connectivity index (χ2v) is 3.94. The van der Waals surface area contributed by atoms with Crippen molar-refractivity contribution in [2.24, 2.45) is 0 Å². The molecule has 2 aromatic heterocycles. The first kappa shape index (κ1) is 10.4. The fourth-order valence-electron chi connectivity index (χ4n) is 1.81. The third-order valence-electron chi connectivity index (χ3n) is 2.68. The van der Waals surface area contributed by atoms with E-state index in [0.29, 0.717) is 17.1 Å². The lowest BCUT2D eigenvalue weighted by atomic mass is 10.2. The number of rotatable bonds is 2. The van der Waals surface area contributed by atoms with Crippen molar-refractivity contribution < 1.29 is 4.79 Å². The summed E-state index contributed by atoms with van der Waals surface area (Å²) in [5.41, 5.74) is 8.09. The zero-order valence-corrected chi connectivity index (χ0v) is 9.40. The van der Waals surface area contributed by atoms with Crippen LogP contribution < -0.4 is 11.1 Å². The van der Waals surface area contributed by atoms with Crippen LogP contribution in [0.25, 0.3) is 10.9 Å². The number of aromatic nitrogens is 3. The highest BCUT2D eigenvalue weighted by Crippen LogP contribution is 2.21. The van der Waals surface area contributed by atoms with Crippen molar-refractivity contribution >= 4 is 28.2 Å². The number of hydrogen-bond donors (Lipinski definition) is 4. The average Bonchev–Trinajstić information content (AvgIpc) is 2.97. The molecule has 0 saturated heterocycles. The molecular weight excluding hydrogens is 230 g/mol. The SMILES string of the molecule is Nc1c[nH]c(C(=O)Nc2cccc3[nH]ncc23)c1. The summed E-state index contributed by atoms with van der Waals surface area (Å²) in [6.45, 7) is 0. The van der Waals surface area contributed by atoms with Crippen LogP contribution in [0.1, 0.15) is 10.5 Å². The van der Waals surface area contributed by atoms with E-state index in [1.54, 1.807) is 18.5 Å². The maximum atomic E-state index is 12.0. The van der Waals surface area contributed by atoms with E-state index in [1.165, 1.54) is 0 Å². The molecule has 0 bridgehead atoms.